The van der Waals surface area contributed by atoms with E-state index in [4.69, 9.17) is 32.8 Å². The molecule has 6 atom stereocenters. The van der Waals surface area contributed by atoms with E-state index >= 15 is 0 Å². The molecule has 53 heavy (non-hydrogen) atoms. The summed E-state index contributed by atoms with van der Waals surface area (Å²) in [6.07, 6.45) is -0.691. The van der Waals surface area contributed by atoms with Gasteiger partial charge in [0.05, 0.1) is 19.6 Å². The molecule has 20 nitrogen and oxygen atoms in total. The molecule has 1 aliphatic rings. The highest BCUT2D eigenvalue weighted by molar-refractivity contribution is 7.48. The van der Waals surface area contributed by atoms with Crippen molar-refractivity contribution in [3.8, 4) is 0 Å². The molecule has 3 rings (SSSR count). The molecule has 0 saturated carbocycles. The van der Waals surface area contributed by atoms with Crippen molar-refractivity contribution in [1.29, 1.82) is 0 Å². The summed E-state index contributed by atoms with van der Waals surface area (Å²) < 4.78 is 46.4. The monoisotopic (exact) mass is 765 g/mol. The van der Waals surface area contributed by atoms with Gasteiger partial charge in [0.15, 0.2) is 0 Å². The molecule has 1 saturated heterocycles. The minimum atomic E-state index is -4.84. The van der Waals surface area contributed by atoms with Crippen LogP contribution in [-0.4, -0.2) is 95.2 Å². The van der Waals surface area contributed by atoms with E-state index in [-0.39, 0.29) is 31.9 Å². The predicted molar refractivity (Wildman–Crippen MR) is 182 cm³/mol. The number of carbonyl (C=O) groups is 5. The number of phosphoric acid groups is 1. The van der Waals surface area contributed by atoms with Crippen LogP contribution >= 0.6 is 7.82 Å². The highest BCUT2D eigenvalue weighted by Gasteiger charge is 2.42. The number of hydrogen-bond donors (Lipinski definition) is 4. The Kier molecular flexibility index (Phi) is 16.5. The molecule has 21 heteroatoms. The molecule has 1 aromatic carbocycles. The van der Waals surface area contributed by atoms with E-state index < -0.39 is 87.1 Å². The van der Waals surface area contributed by atoms with Crippen molar-refractivity contribution in [3.05, 3.63) is 84.0 Å². The molecule has 288 valence electrons. The number of rotatable bonds is 21. The molecule has 0 radical (unpaired) electrons. The number of aromatic nitrogens is 2. The molecular formula is C32H40N5O15P. The highest BCUT2D eigenvalue weighted by Crippen LogP contribution is 2.50. The van der Waals surface area contributed by atoms with E-state index in [1.165, 1.54) is 24.4 Å². The number of benzene rings is 1. The third-order valence-corrected chi connectivity index (χ3v) is 8.13. The predicted octanol–water partition coefficient (Wildman–Crippen LogP) is 1.79. The van der Waals surface area contributed by atoms with Crippen molar-refractivity contribution in [2.45, 2.75) is 57.2 Å². The average molecular weight is 766 g/mol. The molecule has 1 aromatic heterocycles. The van der Waals surface area contributed by atoms with Gasteiger partial charge in [-0.25, -0.2) is 19.0 Å². The molecule has 2 aromatic rings. The van der Waals surface area contributed by atoms with Crippen molar-refractivity contribution >= 4 is 43.5 Å². The molecule has 0 spiro atoms. The molecule has 0 bridgehead atoms. The summed E-state index contributed by atoms with van der Waals surface area (Å²) in [7, 11) is -4.84. The first kappa shape index (κ1) is 42.2. The fourth-order valence-electron chi connectivity index (χ4n) is 4.46. The lowest BCUT2D eigenvalue weighted by molar-refractivity contribution is -0.219. The summed E-state index contributed by atoms with van der Waals surface area (Å²) in [5.74, 6) is -3.58. The van der Waals surface area contributed by atoms with Gasteiger partial charge in [0, 0.05) is 19.5 Å². The molecule has 1 fully saturated rings. The zero-order chi connectivity index (χ0) is 39.0. The minimum absolute atomic E-state index is 0.00998. The number of hydrogen-bond acceptors (Lipinski definition) is 15. The maximum atomic E-state index is 13.7. The van der Waals surface area contributed by atoms with Gasteiger partial charge in [-0.2, -0.15) is 4.98 Å². The van der Waals surface area contributed by atoms with Crippen LogP contribution in [0, 0.1) is 0 Å². The van der Waals surface area contributed by atoms with E-state index in [2.05, 4.69) is 34.1 Å². The number of carbonyl (C=O) groups excluding carboxylic acids is 4. The first-order valence-corrected chi connectivity index (χ1v) is 17.3. The number of amides is 3. The Balaban J connectivity index is 1.74. The van der Waals surface area contributed by atoms with Crippen LogP contribution in [0.25, 0.3) is 0 Å². The van der Waals surface area contributed by atoms with Crippen LogP contribution in [0.2, 0.25) is 0 Å². The van der Waals surface area contributed by atoms with E-state index in [9.17, 15) is 38.4 Å². The topological polar surface area (TPSA) is 258 Å². The summed E-state index contributed by atoms with van der Waals surface area (Å²) in [5.41, 5.74) is -0.0575. The third kappa shape index (κ3) is 14.0. The Morgan fingerprint density at radius 3 is 2.45 bits per heavy atom. The van der Waals surface area contributed by atoms with Crippen LogP contribution in [0.1, 0.15) is 32.1 Å². The summed E-state index contributed by atoms with van der Waals surface area (Å²) in [6.45, 7) is 6.99. The standard InChI is InChI=1S/C32H40N5O15P/c1-5-14-46-32(44)34-23(29(40)33-20(3)30(41)42)18-48-53(45,52-47-15-6-2)49-19-25-24(50-21(4)38)17-28(51-25)37-13-12-26(36-31(37)43)35-27(39)16-22-10-8-7-9-11-22/h5-13,20,23-25,28H,1-2,14-19H2,3-4H3,(H,33,40)(H,34,44)(H,41,42)(H,35,36,39,43)/t20-,23-,24-,25+,28+,53?/m0/s1. The van der Waals surface area contributed by atoms with Crippen molar-refractivity contribution in [2.75, 3.05) is 31.7 Å². The van der Waals surface area contributed by atoms with Gasteiger partial charge in [0.25, 0.3) is 0 Å². The number of ether oxygens (including phenoxy) is 3. The maximum absolute atomic E-state index is 13.7. The number of alkyl carbamates (subject to hydrolysis) is 1. The van der Waals surface area contributed by atoms with Crippen LogP contribution in [0.4, 0.5) is 10.6 Å². The SMILES string of the molecule is C=CCOOP(=O)(OC[C@H](NC(=O)OCC=C)C(=O)N[C@@H](C)C(=O)O)OC[C@H]1O[C@@H](n2ccc(NC(=O)Cc3ccccc3)nc2=O)C[C@@H]1OC(C)=O. The summed E-state index contributed by atoms with van der Waals surface area (Å²) in [5, 5.41) is 16.0. The van der Waals surface area contributed by atoms with Gasteiger partial charge in [-0.1, -0.05) is 49.1 Å². The van der Waals surface area contributed by atoms with Crippen LogP contribution < -0.4 is 21.6 Å². The third-order valence-electron chi connectivity index (χ3n) is 6.91. The fraction of sp³-hybridized carbons (Fsp3) is 0.406. The smallest absolute Gasteiger partial charge is 0.480 e. The van der Waals surface area contributed by atoms with Crippen LogP contribution in [-0.2, 0) is 63.0 Å². The zero-order valence-corrected chi connectivity index (χ0v) is 29.6. The van der Waals surface area contributed by atoms with Crippen molar-refractivity contribution < 1.29 is 66.5 Å². The first-order chi connectivity index (χ1) is 25.2. The van der Waals surface area contributed by atoms with Crippen molar-refractivity contribution in [1.82, 2.24) is 20.2 Å². The number of phosphoric ester groups is 1. The lowest BCUT2D eigenvalue weighted by Gasteiger charge is -2.24. The van der Waals surface area contributed by atoms with Gasteiger partial charge in [0.1, 0.15) is 49.6 Å². The Labute approximate surface area is 302 Å². The molecule has 4 N–H and O–H groups in total. The lowest BCUT2D eigenvalue weighted by Crippen LogP contribution is -2.52. The van der Waals surface area contributed by atoms with Gasteiger partial charge in [-0.05, 0) is 18.6 Å². The summed E-state index contributed by atoms with van der Waals surface area (Å²) >= 11 is 0. The van der Waals surface area contributed by atoms with Crippen molar-refractivity contribution in [2.24, 2.45) is 0 Å². The second kappa shape index (κ2) is 20.7. The molecular weight excluding hydrogens is 725 g/mol. The van der Waals surface area contributed by atoms with Gasteiger partial charge in [0.2, 0.25) is 11.8 Å². The van der Waals surface area contributed by atoms with Gasteiger partial charge >= 0.3 is 31.5 Å². The zero-order valence-electron chi connectivity index (χ0n) is 28.7. The number of carboxylic acids is 1. The van der Waals surface area contributed by atoms with Gasteiger partial charge in [-0.15, -0.1) is 11.3 Å². The van der Waals surface area contributed by atoms with Crippen LogP contribution in [0.3, 0.4) is 0 Å². The lowest BCUT2D eigenvalue weighted by atomic mass is 10.1. The number of carboxylic acid groups (broad SMARTS) is 1. The van der Waals surface area contributed by atoms with Crippen LogP contribution in [0.15, 0.2) is 72.7 Å². The minimum Gasteiger partial charge on any atom is -0.480 e. The molecule has 1 unspecified atom stereocenters. The normalized spacial score (nSPS) is 18.7. The Bertz CT molecular complexity index is 1720. The number of nitrogens with zero attached hydrogens (tertiary/aromatic N) is 2. The maximum Gasteiger partial charge on any atom is 0.502 e. The first-order valence-electron chi connectivity index (χ1n) is 15.9. The Morgan fingerprint density at radius 2 is 1.81 bits per heavy atom. The van der Waals surface area contributed by atoms with Gasteiger partial charge in [-0.3, -0.25) is 32.8 Å². The molecule has 0 aliphatic carbocycles. The van der Waals surface area contributed by atoms with E-state index in [0.29, 0.717) is 0 Å². The molecule has 2 heterocycles. The summed E-state index contributed by atoms with van der Waals surface area (Å²) in [6, 6.07) is 7.21. The van der Waals surface area contributed by atoms with Crippen LogP contribution in [0.5, 0.6) is 0 Å². The number of aliphatic carboxylic acids is 1. The molecule has 3 amide bonds. The molecule has 1 aliphatic heterocycles. The number of anilines is 1. The number of esters is 1. The second-order valence-electron chi connectivity index (χ2n) is 11.1. The fourth-order valence-corrected chi connectivity index (χ4v) is 5.47. The Morgan fingerprint density at radius 1 is 1.09 bits per heavy atom. The number of nitrogens with one attached hydrogen (secondary N) is 3. The van der Waals surface area contributed by atoms with E-state index in [1.54, 1.807) is 24.3 Å². The van der Waals surface area contributed by atoms with E-state index in [1.807, 2.05) is 6.07 Å². The second-order valence-corrected chi connectivity index (χ2v) is 12.6. The average Bonchev–Trinajstić information content (AvgIpc) is 3.50. The largest absolute Gasteiger partial charge is 0.502 e. The van der Waals surface area contributed by atoms with E-state index in [0.717, 1.165) is 24.0 Å². The Hall–Kier alpha value is -5.24. The highest BCUT2D eigenvalue weighted by atomic mass is 31.2. The quantitative estimate of drug-likeness (QED) is 0.0353. The van der Waals surface area contributed by atoms with Gasteiger partial charge < -0.3 is 35.3 Å². The van der Waals surface area contributed by atoms with Crippen molar-refractivity contribution in [3.63, 3.8) is 0 Å². The summed E-state index contributed by atoms with van der Waals surface area (Å²) in [4.78, 5) is 82.3.